The number of ether oxygens (including phenoxy) is 1. The summed E-state index contributed by atoms with van der Waals surface area (Å²) < 4.78 is 5.14. The summed E-state index contributed by atoms with van der Waals surface area (Å²) in [6.07, 6.45) is 4.80. The minimum Gasteiger partial charge on any atom is -0.465 e. The van der Waals surface area contributed by atoms with Gasteiger partial charge in [0.15, 0.2) is 5.78 Å². The van der Waals surface area contributed by atoms with Crippen LogP contribution in [0, 0.1) is 23.2 Å². The van der Waals surface area contributed by atoms with Gasteiger partial charge in [-0.05, 0) is 50.9 Å². The summed E-state index contributed by atoms with van der Waals surface area (Å²) in [6.45, 7) is 2.19. The van der Waals surface area contributed by atoms with Crippen LogP contribution >= 0.6 is 0 Å². The normalized spacial score (nSPS) is 44.8. The number of esters is 1. The molecule has 0 amide bonds. The van der Waals surface area contributed by atoms with Crippen LogP contribution in [0.1, 0.15) is 39.0 Å². The fraction of sp³-hybridized carbons (Fsp3) is 0.846. The van der Waals surface area contributed by atoms with E-state index < -0.39 is 5.41 Å². The second kappa shape index (κ2) is 3.31. The smallest absolute Gasteiger partial charge is 0.319 e. The van der Waals surface area contributed by atoms with E-state index in [-0.39, 0.29) is 17.7 Å². The van der Waals surface area contributed by atoms with Crippen molar-refractivity contribution in [1.29, 1.82) is 0 Å². The molecule has 0 aromatic rings. The van der Waals surface area contributed by atoms with Gasteiger partial charge in [-0.2, -0.15) is 0 Å². The van der Waals surface area contributed by atoms with Crippen molar-refractivity contribution in [2.24, 2.45) is 23.2 Å². The first-order chi connectivity index (χ1) is 7.65. The Morgan fingerprint density at radius 3 is 2.50 bits per heavy atom. The summed E-state index contributed by atoms with van der Waals surface area (Å²) in [5.74, 6) is 1.31. The van der Waals surface area contributed by atoms with Crippen molar-refractivity contribution in [3.63, 3.8) is 0 Å². The van der Waals surface area contributed by atoms with Gasteiger partial charge in [0, 0.05) is 5.92 Å². The molecule has 88 valence electrons. The number of rotatable bonds is 2. The van der Waals surface area contributed by atoms with E-state index >= 15 is 0 Å². The Kier molecular flexibility index (Phi) is 2.13. The summed E-state index contributed by atoms with van der Waals surface area (Å²) in [5, 5.41) is 0. The molecule has 4 saturated carbocycles. The van der Waals surface area contributed by atoms with Crippen LogP contribution in [-0.2, 0) is 14.3 Å². The van der Waals surface area contributed by atoms with E-state index in [1.807, 2.05) is 6.92 Å². The van der Waals surface area contributed by atoms with E-state index in [1.165, 1.54) is 6.42 Å². The van der Waals surface area contributed by atoms with Crippen LogP contribution in [0.15, 0.2) is 0 Å². The fourth-order valence-corrected chi connectivity index (χ4v) is 4.31. The molecule has 4 aliphatic carbocycles. The van der Waals surface area contributed by atoms with Gasteiger partial charge in [-0.25, -0.2) is 0 Å². The lowest BCUT2D eigenvalue weighted by molar-refractivity contribution is -0.176. The van der Waals surface area contributed by atoms with E-state index in [0.717, 1.165) is 25.7 Å². The molecule has 4 rings (SSSR count). The van der Waals surface area contributed by atoms with Crippen molar-refractivity contribution in [3.8, 4) is 0 Å². The van der Waals surface area contributed by atoms with Crippen LogP contribution in [-0.4, -0.2) is 18.4 Å². The van der Waals surface area contributed by atoms with E-state index in [9.17, 15) is 9.59 Å². The molecule has 2 unspecified atom stereocenters. The highest BCUT2D eigenvalue weighted by atomic mass is 16.5. The standard InChI is InChI=1S/C13H18O3/c1-2-16-12(15)13-6-8-3-9(7-13)5-10(4-8)11(13)14/h8-10H,2-7H2,1H3. The topological polar surface area (TPSA) is 43.4 Å². The third kappa shape index (κ3) is 1.20. The first-order valence-electron chi connectivity index (χ1n) is 6.37. The molecule has 2 atom stereocenters. The highest BCUT2D eigenvalue weighted by molar-refractivity contribution is 6.06. The second-order valence-corrected chi connectivity index (χ2v) is 5.71. The van der Waals surface area contributed by atoms with Crippen LogP contribution in [0.3, 0.4) is 0 Å². The lowest BCUT2D eigenvalue weighted by Crippen LogP contribution is -2.57. The van der Waals surface area contributed by atoms with E-state index in [0.29, 0.717) is 18.4 Å². The van der Waals surface area contributed by atoms with Gasteiger partial charge in [0.2, 0.25) is 0 Å². The van der Waals surface area contributed by atoms with Gasteiger partial charge in [-0.15, -0.1) is 0 Å². The highest BCUT2D eigenvalue weighted by Gasteiger charge is 2.61. The van der Waals surface area contributed by atoms with E-state index in [2.05, 4.69) is 0 Å². The molecular weight excluding hydrogens is 204 g/mol. The summed E-state index contributed by atoms with van der Waals surface area (Å²) in [4.78, 5) is 24.4. The maximum absolute atomic E-state index is 12.3. The Hall–Kier alpha value is -0.860. The Morgan fingerprint density at radius 1 is 1.31 bits per heavy atom. The molecule has 0 saturated heterocycles. The van der Waals surface area contributed by atoms with Gasteiger partial charge in [-0.1, -0.05) is 0 Å². The van der Waals surface area contributed by atoms with E-state index in [1.54, 1.807) is 0 Å². The summed E-state index contributed by atoms with van der Waals surface area (Å²) in [5.41, 5.74) is -0.731. The minimum absolute atomic E-state index is 0.163. The fourth-order valence-electron chi connectivity index (χ4n) is 4.31. The SMILES string of the molecule is CCOC(=O)C12CC3CC(CC(C3)C1=O)C2. The molecule has 0 radical (unpaired) electrons. The zero-order chi connectivity index (χ0) is 11.3. The largest absolute Gasteiger partial charge is 0.465 e. The maximum Gasteiger partial charge on any atom is 0.319 e. The monoisotopic (exact) mass is 222 g/mol. The van der Waals surface area contributed by atoms with Gasteiger partial charge < -0.3 is 4.74 Å². The van der Waals surface area contributed by atoms with Crippen LogP contribution in [0.4, 0.5) is 0 Å². The molecule has 0 aromatic carbocycles. The molecule has 3 nitrogen and oxygen atoms in total. The molecule has 4 bridgehead atoms. The number of carbonyl (C=O) groups is 2. The third-order valence-electron chi connectivity index (χ3n) is 4.69. The highest BCUT2D eigenvalue weighted by Crippen LogP contribution is 2.58. The van der Waals surface area contributed by atoms with Gasteiger partial charge >= 0.3 is 5.97 Å². The molecule has 4 fully saturated rings. The van der Waals surface area contributed by atoms with Crippen molar-refractivity contribution < 1.29 is 14.3 Å². The molecule has 0 heterocycles. The number of hydrogen-bond acceptors (Lipinski definition) is 3. The zero-order valence-electron chi connectivity index (χ0n) is 9.70. The van der Waals surface area contributed by atoms with E-state index in [4.69, 9.17) is 4.74 Å². The quantitative estimate of drug-likeness (QED) is 0.529. The second-order valence-electron chi connectivity index (χ2n) is 5.71. The lowest BCUT2D eigenvalue weighted by Gasteiger charge is -2.53. The Bertz CT molecular complexity index is 333. The van der Waals surface area contributed by atoms with Gasteiger partial charge in [0.1, 0.15) is 5.41 Å². The summed E-state index contributed by atoms with van der Waals surface area (Å²) >= 11 is 0. The zero-order valence-corrected chi connectivity index (χ0v) is 9.70. The van der Waals surface area contributed by atoms with Crippen molar-refractivity contribution >= 4 is 11.8 Å². The van der Waals surface area contributed by atoms with Crippen molar-refractivity contribution in [2.45, 2.75) is 39.0 Å². The average molecular weight is 222 g/mol. The molecule has 16 heavy (non-hydrogen) atoms. The summed E-state index contributed by atoms with van der Waals surface area (Å²) in [6, 6.07) is 0. The third-order valence-corrected chi connectivity index (χ3v) is 4.69. The first-order valence-corrected chi connectivity index (χ1v) is 6.37. The Morgan fingerprint density at radius 2 is 1.94 bits per heavy atom. The maximum atomic E-state index is 12.3. The predicted octanol–water partition coefficient (Wildman–Crippen LogP) is 1.94. The van der Waals surface area contributed by atoms with Crippen molar-refractivity contribution in [3.05, 3.63) is 0 Å². The number of Topliss-reactive ketones (excluding diaryl/α,β-unsaturated/α-hetero) is 1. The predicted molar refractivity (Wildman–Crippen MR) is 57.6 cm³/mol. The van der Waals surface area contributed by atoms with Crippen LogP contribution < -0.4 is 0 Å². The molecule has 0 N–H and O–H groups in total. The number of ketones is 1. The first kappa shape index (κ1) is 10.3. The van der Waals surface area contributed by atoms with Crippen LogP contribution in [0.5, 0.6) is 0 Å². The molecular formula is C13H18O3. The molecule has 0 aromatic heterocycles. The Balaban J connectivity index is 1.93. The average Bonchev–Trinajstić information content (AvgIpc) is 2.25. The van der Waals surface area contributed by atoms with Gasteiger partial charge in [0.25, 0.3) is 0 Å². The molecule has 0 spiro atoms. The van der Waals surface area contributed by atoms with Gasteiger partial charge in [0.05, 0.1) is 6.61 Å². The number of hydrogen-bond donors (Lipinski definition) is 0. The minimum atomic E-state index is -0.731. The lowest BCUT2D eigenvalue weighted by atomic mass is 9.49. The number of carbonyl (C=O) groups excluding carboxylic acids is 2. The Labute approximate surface area is 95.5 Å². The van der Waals surface area contributed by atoms with Crippen molar-refractivity contribution in [2.75, 3.05) is 6.61 Å². The van der Waals surface area contributed by atoms with Crippen molar-refractivity contribution in [1.82, 2.24) is 0 Å². The van der Waals surface area contributed by atoms with Crippen LogP contribution in [0.25, 0.3) is 0 Å². The molecule has 0 aliphatic heterocycles. The molecule has 3 heteroatoms. The molecule has 4 aliphatic rings. The summed E-state index contributed by atoms with van der Waals surface area (Å²) in [7, 11) is 0. The van der Waals surface area contributed by atoms with Gasteiger partial charge in [-0.3, -0.25) is 9.59 Å². The van der Waals surface area contributed by atoms with Crippen LogP contribution in [0.2, 0.25) is 0 Å².